The highest BCUT2D eigenvalue weighted by molar-refractivity contribution is 5.29. The van der Waals surface area contributed by atoms with E-state index in [1.807, 2.05) is 0 Å². The van der Waals surface area contributed by atoms with Gasteiger partial charge in [0.05, 0.1) is 0 Å². The zero-order valence-electron chi connectivity index (χ0n) is 8.30. The molecule has 0 nitrogen and oxygen atoms in total. The molecule has 0 N–H and O–H groups in total. The maximum atomic E-state index is 7.15. The van der Waals surface area contributed by atoms with Crippen molar-refractivity contribution in [2.75, 3.05) is 0 Å². The maximum absolute atomic E-state index is 7.15. The average molecular weight is 171 g/mol. The molecule has 1 aromatic carbocycles. The monoisotopic (exact) mass is 171 g/mol. The minimum Gasteiger partial charge on any atom is -0.0809 e. The van der Waals surface area contributed by atoms with Gasteiger partial charge in [-0.2, -0.15) is 0 Å². The molecule has 0 fully saturated rings. The second-order valence-corrected chi connectivity index (χ2v) is 3.20. The number of hydrogen-bond acceptors (Lipinski definition) is 0. The highest BCUT2D eigenvalue weighted by Gasteiger charge is 2.04. The number of aryl methyl sites for hydroxylation is 1. The summed E-state index contributed by atoms with van der Waals surface area (Å²) in [5.74, 6) is 2.73. The predicted octanol–water partition coefficient (Wildman–Crippen LogP) is 3.33. The Kier molecular flexibility index (Phi) is 3.58. The van der Waals surface area contributed by atoms with Gasteiger partial charge < -0.3 is 0 Å². The van der Waals surface area contributed by atoms with E-state index in [4.69, 9.17) is 6.42 Å². The third-order valence-electron chi connectivity index (χ3n) is 2.37. The van der Waals surface area contributed by atoms with Crippen LogP contribution < -0.4 is 0 Å². The third kappa shape index (κ3) is 2.36. The summed E-state index contributed by atoms with van der Waals surface area (Å²) in [6, 6.07) is 8.48. The van der Waals surface area contributed by atoms with Crippen molar-refractivity contribution in [3.05, 3.63) is 41.8 Å². The van der Waals surface area contributed by atoms with Gasteiger partial charge in [-0.05, 0) is 30.4 Å². The second kappa shape index (κ2) is 4.72. The van der Waals surface area contributed by atoms with E-state index in [-0.39, 0.29) is 5.92 Å². The summed E-state index contributed by atoms with van der Waals surface area (Å²) < 4.78 is 0. The SMILES string of the molecule is [C]#CC(CC)c1ccc(CC)cc1. The van der Waals surface area contributed by atoms with Crippen LogP contribution in [0.1, 0.15) is 37.3 Å². The molecular formula is C13H15. The molecule has 1 rings (SSSR count). The molecule has 1 radical (unpaired) electrons. The van der Waals surface area contributed by atoms with E-state index in [1.165, 1.54) is 11.1 Å². The van der Waals surface area contributed by atoms with Crippen molar-refractivity contribution in [3.8, 4) is 5.92 Å². The van der Waals surface area contributed by atoms with Crippen molar-refractivity contribution < 1.29 is 0 Å². The lowest BCUT2D eigenvalue weighted by atomic mass is 9.96. The molecule has 13 heavy (non-hydrogen) atoms. The summed E-state index contributed by atoms with van der Waals surface area (Å²) in [7, 11) is 0. The van der Waals surface area contributed by atoms with Crippen LogP contribution in [0.25, 0.3) is 0 Å². The summed E-state index contributed by atoms with van der Waals surface area (Å²) in [5.41, 5.74) is 2.55. The zero-order chi connectivity index (χ0) is 9.68. The first kappa shape index (κ1) is 9.86. The van der Waals surface area contributed by atoms with E-state index >= 15 is 0 Å². The quantitative estimate of drug-likeness (QED) is 0.612. The largest absolute Gasteiger partial charge is 0.0809 e. The van der Waals surface area contributed by atoms with Crippen LogP contribution in [0.3, 0.4) is 0 Å². The molecule has 1 aromatic rings. The summed E-state index contributed by atoms with van der Waals surface area (Å²) >= 11 is 0. The van der Waals surface area contributed by atoms with Crippen LogP contribution >= 0.6 is 0 Å². The van der Waals surface area contributed by atoms with Gasteiger partial charge >= 0.3 is 0 Å². The van der Waals surface area contributed by atoms with Gasteiger partial charge in [-0.15, -0.1) is 0 Å². The molecule has 1 unspecified atom stereocenters. The van der Waals surface area contributed by atoms with E-state index in [0.717, 1.165) is 12.8 Å². The standard InChI is InChI=1S/C13H15/c1-4-11-7-9-13(10-8-11)12(5-2)6-3/h7-10,12H,4-5H2,1-2H3. The normalized spacial score (nSPS) is 12.1. The van der Waals surface area contributed by atoms with Crippen molar-refractivity contribution in [2.24, 2.45) is 0 Å². The van der Waals surface area contributed by atoms with Crippen LogP contribution in [-0.2, 0) is 6.42 Å². The summed E-state index contributed by atoms with van der Waals surface area (Å²) in [6.07, 6.45) is 9.17. The second-order valence-electron chi connectivity index (χ2n) is 3.20. The molecule has 67 valence electrons. The predicted molar refractivity (Wildman–Crippen MR) is 56.0 cm³/mol. The van der Waals surface area contributed by atoms with E-state index in [2.05, 4.69) is 44.0 Å². The lowest BCUT2D eigenvalue weighted by Gasteiger charge is -2.07. The van der Waals surface area contributed by atoms with Crippen molar-refractivity contribution in [1.82, 2.24) is 0 Å². The molecule has 0 bridgehead atoms. The first-order valence-electron chi connectivity index (χ1n) is 4.82. The topological polar surface area (TPSA) is 0 Å². The Labute approximate surface area is 81.0 Å². The lowest BCUT2D eigenvalue weighted by molar-refractivity contribution is 0.828. The highest BCUT2D eigenvalue weighted by Crippen LogP contribution is 2.18. The minimum atomic E-state index is 0.172. The Morgan fingerprint density at radius 1 is 1.23 bits per heavy atom. The van der Waals surface area contributed by atoms with Gasteiger partial charge in [-0.1, -0.05) is 44.0 Å². The van der Waals surface area contributed by atoms with Crippen molar-refractivity contribution in [3.63, 3.8) is 0 Å². The van der Waals surface area contributed by atoms with Gasteiger partial charge in [0.25, 0.3) is 0 Å². The fourth-order valence-corrected chi connectivity index (χ4v) is 1.41. The molecule has 0 saturated heterocycles. The van der Waals surface area contributed by atoms with Gasteiger partial charge in [-0.25, -0.2) is 0 Å². The van der Waals surface area contributed by atoms with Crippen LogP contribution in [0.15, 0.2) is 24.3 Å². The van der Waals surface area contributed by atoms with Gasteiger partial charge in [-0.3, -0.25) is 0 Å². The molecule has 0 aliphatic heterocycles. The Balaban J connectivity index is 2.86. The Hall–Kier alpha value is -1.22. The summed E-state index contributed by atoms with van der Waals surface area (Å²) in [4.78, 5) is 0. The molecule has 1 atom stereocenters. The molecular weight excluding hydrogens is 156 g/mol. The molecule has 0 saturated carbocycles. The third-order valence-corrected chi connectivity index (χ3v) is 2.37. The fourth-order valence-electron chi connectivity index (χ4n) is 1.41. The van der Waals surface area contributed by atoms with E-state index in [9.17, 15) is 0 Å². The highest BCUT2D eigenvalue weighted by atomic mass is 14.1. The first-order chi connectivity index (χ1) is 6.31. The smallest absolute Gasteiger partial charge is 0.0459 e. The minimum absolute atomic E-state index is 0.172. The molecule has 0 aliphatic carbocycles. The summed E-state index contributed by atoms with van der Waals surface area (Å²) in [5, 5.41) is 0. The van der Waals surface area contributed by atoms with Crippen molar-refractivity contribution in [1.29, 1.82) is 0 Å². The van der Waals surface area contributed by atoms with Crippen LogP contribution in [0.2, 0.25) is 0 Å². The molecule has 0 heteroatoms. The molecule has 0 heterocycles. The van der Waals surface area contributed by atoms with Crippen molar-refractivity contribution >= 4 is 0 Å². The molecule has 0 spiro atoms. The van der Waals surface area contributed by atoms with Crippen molar-refractivity contribution in [2.45, 2.75) is 32.6 Å². The molecule has 0 aromatic heterocycles. The first-order valence-corrected chi connectivity index (χ1v) is 4.82. The Morgan fingerprint density at radius 3 is 2.23 bits per heavy atom. The zero-order valence-corrected chi connectivity index (χ0v) is 8.30. The lowest BCUT2D eigenvalue weighted by Crippen LogP contribution is -1.93. The number of benzene rings is 1. The van der Waals surface area contributed by atoms with Gasteiger partial charge in [0.2, 0.25) is 0 Å². The molecule has 0 amide bonds. The van der Waals surface area contributed by atoms with E-state index in [0.29, 0.717) is 0 Å². The van der Waals surface area contributed by atoms with Gasteiger partial charge in [0.15, 0.2) is 0 Å². The number of hydrogen-bond donors (Lipinski definition) is 0. The van der Waals surface area contributed by atoms with E-state index < -0.39 is 0 Å². The van der Waals surface area contributed by atoms with Crippen LogP contribution in [0, 0.1) is 12.3 Å². The Bertz CT molecular complexity index is 287. The summed E-state index contributed by atoms with van der Waals surface area (Å²) in [6.45, 7) is 4.23. The Morgan fingerprint density at radius 2 is 1.85 bits per heavy atom. The maximum Gasteiger partial charge on any atom is 0.0459 e. The van der Waals surface area contributed by atoms with Gasteiger partial charge in [0, 0.05) is 5.92 Å². The fraction of sp³-hybridized carbons (Fsp3) is 0.385. The average Bonchev–Trinajstić information content (AvgIpc) is 2.21. The van der Waals surface area contributed by atoms with E-state index in [1.54, 1.807) is 0 Å². The molecule has 0 aliphatic rings. The number of rotatable bonds is 3. The van der Waals surface area contributed by atoms with Gasteiger partial charge in [0.1, 0.15) is 0 Å². The van der Waals surface area contributed by atoms with Crippen LogP contribution in [0.5, 0.6) is 0 Å². The van der Waals surface area contributed by atoms with Crippen LogP contribution in [0.4, 0.5) is 0 Å². The van der Waals surface area contributed by atoms with Crippen LogP contribution in [-0.4, -0.2) is 0 Å².